The van der Waals surface area contributed by atoms with Crippen molar-refractivity contribution < 1.29 is 9.47 Å². The second-order valence-electron chi connectivity index (χ2n) is 7.47. The van der Waals surface area contributed by atoms with Crippen molar-refractivity contribution in [2.24, 2.45) is 5.41 Å². The van der Waals surface area contributed by atoms with Crippen LogP contribution in [-0.2, 0) is 6.54 Å². The maximum atomic E-state index is 5.51. The van der Waals surface area contributed by atoms with E-state index in [2.05, 4.69) is 28.1 Å². The molecule has 2 fully saturated rings. The summed E-state index contributed by atoms with van der Waals surface area (Å²) in [7, 11) is 3.45. The minimum Gasteiger partial charge on any atom is -0.497 e. The fourth-order valence-corrected chi connectivity index (χ4v) is 3.90. The molecular formula is C19H32ClN3O2. The summed E-state index contributed by atoms with van der Waals surface area (Å²) in [6, 6.07) is 6.05. The molecule has 0 saturated carbocycles. The SMILES string of the molecule is COc1ccc(OC)c(CN2CCN(CC3(C)CCNC3)CC2)c1.Cl. The zero-order chi connectivity index (χ0) is 17.0. The van der Waals surface area contributed by atoms with Crippen LogP contribution in [0.1, 0.15) is 18.9 Å². The summed E-state index contributed by atoms with van der Waals surface area (Å²) in [6.07, 6.45) is 1.30. The smallest absolute Gasteiger partial charge is 0.123 e. The number of nitrogens with zero attached hydrogens (tertiary/aromatic N) is 2. The van der Waals surface area contributed by atoms with Gasteiger partial charge in [0.05, 0.1) is 14.2 Å². The average Bonchev–Trinajstić information content (AvgIpc) is 3.02. The lowest BCUT2D eigenvalue weighted by Crippen LogP contribution is -2.49. The summed E-state index contributed by atoms with van der Waals surface area (Å²) in [4.78, 5) is 5.15. The Morgan fingerprint density at radius 1 is 1.08 bits per heavy atom. The van der Waals surface area contributed by atoms with E-state index < -0.39 is 0 Å². The van der Waals surface area contributed by atoms with Crippen LogP contribution < -0.4 is 14.8 Å². The highest BCUT2D eigenvalue weighted by Crippen LogP contribution is 2.28. The summed E-state index contributed by atoms with van der Waals surface area (Å²) in [5.41, 5.74) is 1.66. The van der Waals surface area contributed by atoms with E-state index in [1.54, 1.807) is 14.2 Å². The van der Waals surface area contributed by atoms with E-state index in [-0.39, 0.29) is 12.4 Å². The molecule has 2 aliphatic rings. The van der Waals surface area contributed by atoms with Gasteiger partial charge in [0.1, 0.15) is 11.5 Å². The first kappa shape index (κ1) is 20.3. The predicted octanol–water partition coefficient (Wildman–Crippen LogP) is 2.24. The van der Waals surface area contributed by atoms with Crippen molar-refractivity contribution in [3.8, 4) is 11.5 Å². The van der Waals surface area contributed by atoms with Gasteiger partial charge < -0.3 is 19.7 Å². The van der Waals surface area contributed by atoms with E-state index in [4.69, 9.17) is 9.47 Å². The molecule has 5 nitrogen and oxygen atoms in total. The van der Waals surface area contributed by atoms with Gasteiger partial charge in [0.15, 0.2) is 0 Å². The molecule has 1 atom stereocenters. The molecule has 6 heteroatoms. The first-order valence-corrected chi connectivity index (χ1v) is 8.98. The van der Waals surface area contributed by atoms with Gasteiger partial charge in [-0.2, -0.15) is 0 Å². The first-order valence-electron chi connectivity index (χ1n) is 8.98. The van der Waals surface area contributed by atoms with Crippen molar-refractivity contribution >= 4 is 12.4 Å². The van der Waals surface area contributed by atoms with Crippen LogP contribution in [0, 0.1) is 5.41 Å². The summed E-state index contributed by atoms with van der Waals surface area (Å²) in [5, 5.41) is 3.50. The van der Waals surface area contributed by atoms with Crippen LogP contribution in [0.5, 0.6) is 11.5 Å². The number of hydrogen-bond donors (Lipinski definition) is 1. The maximum absolute atomic E-state index is 5.51. The molecule has 0 aromatic heterocycles. The largest absolute Gasteiger partial charge is 0.497 e. The third kappa shape index (κ3) is 5.23. The minimum atomic E-state index is 0. The molecule has 1 aromatic carbocycles. The van der Waals surface area contributed by atoms with Gasteiger partial charge in [0.2, 0.25) is 0 Å². The fourth-order valence-electron chi connectivity index (χ4n) is 3.90. The second-order valence-corrected chi connectivity index (χ2v) is 7.47. The zero-order valence-corrected chi connectivity index (χ0v) is 16.5. The van der Waals surface area contributed by atoms with Gasteiger partial charge in [-0.25, -0.2) is 0 Å². The Kier molecular flexibility index (Phi) is 7.37. The number of methoxy groups -OCH3 is 2. The molecule has 3 rings (SSSR count). The van der Waals surface area contributed by atoms with Gasteiger partial charge in [0.25, 0.3) is 0 Å². The third-order valence-electron chi connectivity index (χ3n) is 5.41. The standard InChI is InChI=1S/C19H31N3O2.ClH/c1-19(6-7-20-14-19)15-22-10-8-21(9-11-22)13-16-12-17(23-2)4-5-18(16)24-3;/h4-5,12,20H,6-11,13-15H2,1-3H3;1H. The monoisotopic (exact) mass is 369 g/mol. The van der Waals surface area contributed by atoms with Gasteiger partial charge in [-0.3, -0.25) is 4.90 Å². The molecular weight excluding hydrogens is 338 g/mol. The number of nitrogens with one attached hydrogen (secondary N) is 1. The highest BCUT2D eigenvalue weighted by atomic mass is 35.5. The molecule has 0 bridgehead atoms. The molecule has 142 valence electrons. The van der Waals surface area contributed by atoms with Gasteiger partial charge in [0, 0.05) is 51.4 Å². The predicted molar refractivity (Wildman–Crippen MR) is 104 cm³/mol. The Morgan fingerprint density at radius 3 is 2.40 bits per heavy atom. The lowest BCUT2D eigenvalue weighted by Gasteiger charge is -2.38. The van der Waals surface area contributed by atoms with Gasteiger partial charge in [-0.15, -0.1) is 12.4 Å². The molecule has 25 heavy (non-hydrogen) atoms. The third-order valence-corrected chi connectivity index (χ3v) is 5.41. The summed E-state index contributed by atoms with van der Waals surface area (Å²) >= 11 is 0. The van der Waals surface area contributed by atoms with E-state index in [0.717, 1.165) is 50.8 Å². The molecule has 0 radical (unpaired) electrons. The molecule has 2 heterocycles. The van der Waals surface area contributed by atoms with E-state index in [1.807, 2.05) is 12.1 Å². The topological polar surface area (TPSA) is 37.0 Å². The lowest BCUT2D eigenvalue weighted by atomic mass is 9.89. The molecule has 2 aliphatic heterocycles. The Bertz CT molecular complexity index is 541. The van der Waals surface area contributed by atoms with Crippen molar-refractivity contribution in [1.29, 1.82) is 0 Å². The lowest BCUT2D eigenvalue weighted by molar-refractivity contribution is 0.0928. The second kappa shape index (κ2) is 9.08. The summed E-state index contributed by atoms with van der Waals surface area (Å²) < 4.78 is 10.9. The molecule has 2 saturated heterocycles. The highest BCUT2D eigenvalue weighted by molar-refractivity contribution is 5.85. The zero-order valence-electron chi connectivity index (χ0n) is 15.7. The number of benzene rings is 1. The molecule has 0 aliphatic carbocycles. The average molecular weight is 370 g/mol. The number of rotatable bonds is 6. The number of piperazine rings is 1. The van der Waals surface area contributed by atoms with Crippen molar-refractivity contribution in [2.45, 2.75) is 19.9 Å². The van der Waals surface area contributed by atoms with Crippen molar-refractivity contribution in [3.63, 3.8) is 0 Å². The van der Waals surface area contributed by atoms with Crippen LogP contribution in [0.25, 0.3) is 0 Å². The molecule has 1 unspecified atom stereocenters. The number of halogens is 1. The number of hydrogen-bond acceptors (Lipinski definition) is 5. The van der Waals surface area contributed by atoms with Crippen LogP contribution in [0.3, 0.4) is 0 Å². The van der Waals surface area contributed by atoms with Crippen molar-refractivity contribution in [1.82, 2.24) is 15.1 Å². The van der Waals surface area contributed by atoms with E-state index in [0.29, 0.717) is 5.41 Å². The Balaban J connectivity index is 0.00000225. The number of ether oxygens (including phenoxy) is 2. The Hall–Kier alpha value is -1.01. The molecule has 0 amide bonds. The van der Waals surface area contributed by atoms with Gasteiger partial charge in [-0.1, -0.05) is 6.92 Å². The minimum absolute atomic E-state index is 0. The van der Waals surface area contributed by atoms with E-state index in [1.165, 1.54) is 25.1 Å². The molecule has 0 spiro atoms. The highest BCUT2D eigenvalue weighted by Gasteiger charge is 2.31. The Labute approximate surface area is 158 Å². The Morgan fingerprint density at radius 2 is 1.80 bits per heavy atom. The van der Waals surface area contributed by atoms with Crippen LogP contribution in [0.15, 0.2) is 18.2 Å². The fraction of sp³-hybridized carbons (Fsp3) is 0.684. The maximum Gasteiger partial charge on any atom is 0.123 e. The van der Waals surface area contributed by atoms with Crippen LogP contribution in [0.4, 0.5) is 0 Å². The summed E-state index contributed by atoms with van der Waals surface area (Å²) in [6.45, 7) is 11.4. The van der Waals surface area contributed by atoms with Crippen LogP contribution in [0.2, 0.25) is 0 Å². The van der Waals surface area contributed by atoms with E-state index >= 15 is 0 Å². The van der Waals surface area contributed by atoms with Gasteiger partial charge >= 0.3 is 0 Å². The van der Waals surface area contributed by atoms with Crippen molar-refractivity contribution in [2.75, 3.05) is 60.0 Å². The van der Waals surface area contributed by atoms with Crippen LogP contribution >= 0.6 is 12.4 Å². The van der Waals surface area contributed by atoms with Crippen LogP contribution in [-0.4, -0.2) is 69.8 Å². The van der Waals surface area contributed by atoms with Crippen molar-refractivity contribution in [3.05, 3.63) is 23.8 Å². The molecule has 1 N–H and O–H groups in total. The van der Waals surface area contributed by atoms with E-state index in [9.17, 15) is 0 Å². The first-order chi connectivity index (χ1) is 11.6. The molecule has 1 aromatic rings. The quantitative estimate of drug-likeness (QED) is 0.832. The van der Waals surface area contributed by atoms with Gasteiger partial charge in [-0.05, 0) is 36.6 Å². The normalized spacial score (nSPS) is 24.8. The summed E-state index contributed by atoms with van der Waals surface area (Å²) in [5.74, 6) is 1.84.